The maximum Gasteiger partial charge on any atom is 0.293 e. The number of hydrogen-bond donors (Lipinski definition) is 0. The van der Waals surface area contributed by atoms with Crippen molar-refractivity contribution < 1.29 is 24.2 Å². The third kappa shape index (κ3) is 4.36. The predicted octanol–water partition coefficient (Wildman–Crippen LogP) is 4.08. The summed E-state index contributed by atoms with van der Waals surface area (Å²) in [6.07, 6.45) is 1.25. The Morgan fingerprint density at radius 3 is 2.23 bits per heavy atom. The molecular formula is C18H10ClN3O7S. The van der Waals surface area contributed by atoms with Crippen LogP contribution in [0.5, 0.6) is 0 Å². The van der Waals surface area contributed by atoms with E-state index in [-0.39, 0.29) is 32.4 Å². The monoisotopic (exact) mass is 447 g/mol. The van der Waals surface area contributed by atoms with Gasteiger partial charge in [-0.1, -0.05) is 11.6 Å². The SMILES string of the molecule is O=C(CN1C(=O)S/C(=C\c2cc([N+](=O)[O-])ccc2Cl)C1=O)c1ccc([N+](=O)[O-])cc1. The Labute approximate surface area is 177 Å². The van der Waals surface area contributed by atoms with E-state index in [9.17, 15) is 34.6 Å². The minimum atomic E-state index is -0.747. The van der Waals surface area contributed by atoms with Gasteiger partial charge < -0.3 is 0 Å². The summed E-state index contributed by atoms with van der Waals surface area (Å²) < 4.78 is 0. The van der Waals surface area contributed by atoms with E-state index in [0.717, 1.165) is 17.0 Å². The van der Waals surface area contributed by atoms with Crippen LogP contribution in [0.25, 0.3) is 6.08 Å². The molecule has 1 aliphatic rings. The van der Waals surface area contributed by atoms with Gasteiger partial charge in [0.1, 0.15) is 0 Å². The summed E-state index contributed by atoms with van der Waals surface area (Å²) in [7, 11) is 0. The highest BCUT2D eigenvalue weighted by molar-refractivity contribution is 8.18. The van der Waals surface area contributed by atoms with Crippen molar-refractivity contribution in [2.24, 2.45) is 0 Å². The van der Waals surface area contributed by atoms with Gasteiger partial charge in [-0.3, -0.25) is 39.5 Å². The lowest BCUT2D eigenvalue weighted by Gasteiger charge is -2.11. The fourth-order valence-corrected chi connectivity index (χ4v) is 3.54. The average molecular weight is 448 g/mol. The fourth-order valence-electron chi connectivity index (χ4n) is 2.54. The van der Waals surface area contributed by atoms with Gasteiger partial charge in [-0.05, 0) is 36.0 Å². The standard InChI is InChI=1S/C18H10ClN3O7S/c19-14-6-5-13(22(28)29)7-11(14)8-16-17(24)20(18(25)30-16)9-15(23)10-1-3-12(4-2-10)21(26)27/h1-8H,9H2/b16-8-. The van der Waals surface area contributed by atoms with Gasteiger partial charge in [-0.25, -0.2) is 0 Å². The van der Waals surface area contributed by atoms with E-state index in [2.05, 4.69) is 0 Å². The molecule has 3 rings (SSSR count). The van der Waals surface area contributed by atoms with Gasteiger partial charge in [0.25, 0.3) is 22.5 Å². The first-order valence-electron chi connectivity index (χ1n) is 8.14. The van der Waals surface area contributed by atoms with Crippen molar-refractivity contribution in [2.75, 3.05) is 6.54 Å². The number of imide groups is 1. The highest BCUT2D eigenvalue weighted by Gasteiger charge is 2.36. The van der Waals surface area contributed by atoms with Crippen LogP contribution in [0.2, 0.25) is 5.02 Å². The molecule has 0 unspecified atom stereocenters. The van der Waals surface area contributed by atoms with Crippen molar-refractivity contribution in [2.45, 2.75) is 0 Å². The van der Waals surface area contributed by atoms with E-state index in [4.69, 9.17) is 11.6 Å². The number of ketones is 1. The Morgan fingerprint density at radius 1 is 1.03 bits per heavy atom. The van der Waals surface area contributed by atoms with E-state index in [1.165, 1.54) is 36.4 Å². The lowest BCUT2D eigenvalue weighted by Crippen LogP contribution is -2.33. The van der Waals surface area contributed by atoms with Crippen LogP contribution in [0.15, 0.2) is 47.4 Å². The number of Topliss-reactive ketones (excluding diaryl/α,β-unsaturated/α-hetero) is 1. The zero-order chi connectivity index (χ0) is 22.0. The quantitative estimate of drug-likeness (QED) is 0.279. The Bertz CT molecular complexity index is 1130. The summed E-state index contributed by atoms with van der Waals surface area (Å²) >= 11 is 6.58. The van der Waals surface area contributed by atoms with Gasteiger partial charge in [0, 0.05) is 40.4 Å². The van der Waals surface area contributed by atoms with Gasteiger partial charge in [0.05, 0.1) is 21.3 Å². The van der Waals surface area contributed by atoms with Crippen LogP contribution < -0.4 is 0 Å². The van der Waals surface area contributed by atoms with E-state index in [0.29, 0.717) is 11.8 Å². The number of nitro benzene ring substituents is 2. The molecule has 152 valence electrons. The molecule has 1 heterocycles. The van der Waals surface area contributed by atoms with Crippen LogP contribution in [0.1, 0.15) is 15.9 Å². The maximum atomic E-state index is 12.6. The van der Waals surface area contributed by atoms with Crippen molar-refractivity contribution in [1.29, 1.82) is 0 Å². The second kappa shape index (κ2) is 8.43. The average Bonchev–Trinajstić information content (AvgIpc) is 2.96. The van der Waals surface area contributed by atoms with Crippen molar-refractivity contribution in [3.05, 3.63) is 83.7 Å². The number of benzene rings is 2. The predicted molar refractivity (Wildman–Crippen MR) is 108 cm³/mol. The summed E-state index contributed by atoms with van der Waals surface area (Å²) in [4.78, 5) is 58.2. The number of carbonyl (C=O) groups excluding carboxylic acids is 3. The smallest absolute Gasteiger partial charge is 0.292 e. The molecule has 2 aromatic rings. The minimum Gasteiger partial charge on any atom is -0.292 e. The molecule has 0 spiro atoms. The molecule has 2 amide bonds. The van der Waals surface area contributed by atoms with Crippen LogP contribution in [-0.2, 0) is 4.79 Å². The molecule has 0 aromatic heterocycles. The first-order valence-corrected chi connectivity index (χ1v) is 9.34. The Hall–Kier alpha value is -3.57. The Morgan fingerprint density at radius 2 is 1.63 bits per heavy atom. The highest BCUT2D eigenvalue weighted by Crippen LogP contribution is 2.34. The molecule has 30 heavy (non-hydrogen) atoms. The molecule has 0 radical (unpaired) electrons. The zero-order valence-electron chi connectivity index (χ0n) is 14.8. The second-order valence-corrected chi connectivity index (χ2v) is 7.36. The Kier molecular flexibility index (Phi) is 5.94. The molecule has 0 saturated carbocycles. The second-order valence-electron chi connectivity index (χ2n) is 5.96. The van der Waals surface area contributed by atoms with Gasteiger partial charge in [-0.15, -0.1) is 0 Å². The Balaban J connectivity index is 1.80. The molecule has 1 fully saturated rings. The molecule has 0 aliphatic carbocycles. The molecule has 1 saturated heterocycles. The van der Waals surface area contributed by atoms with Crippen molar-refractivity contribution in [1.82, 2.24) is 4.90 Å². The lowest BCUT2D eigenvalue weighted by atomic mass is 10.1. The van der Waals surface area contributed by atoms with Crippen molar-refractivity contribution >= 4 is 57.7 Å². The summed E-state index contributed by atoms with van der Waals surface area (Å²) in [5.41, 5.74) is -0.156. The number of thioether (sulfide) groups is 1. The first-order chi connectivity index (χ1) is 14.2. The van der Waals surface area contributed by atoms with Gasteiger partial charge >= 0.3 is 0 Å². The van der Waals surface area contributed by atoms with Crippen LogP contribution in [0, 0.1) is 20.2 Å². The third-order valence-electron chi connectivity index (χ3n) is 4.05. The van der Waals surface area contributed by atoms with Crippen LogP contribution in [0.4, 0.5) is 16.2 Å². The number of nitrogens with zero attached hydrogens (tertiary/aromatic N) is 3. The maximum absolute atomic E-state index is 12.6. The van der Waals surface area contributed by atoms with Crippen LogP contribution >= 0.6 is 23.4 Å². The number of nitro groups is 2. The van der Waals surface area contributed by atoms with Crippen LogP contribution in [-0.4, -0.2) is 38.2 Å². The molecule has 10 nitrogen and oxygen atoms in total. The van der Waals surface area contributed by atoms with Crippen molar-refractivity contribution in [3.8, 4) is 0 Å². The molecular weight excluding hydrogens is 438 g/mol. The lowest BCUT2D eigenvalue weighted by molar-refractivity contribution is -0.385. The number of rotatable bonds is 6. The first kappa shape index (κ1) is 21.1. The molecule has 1 aliphatic heterocycles. The fraction of sp³-hybridized carbons (Fsp3) is 0.0556. The number of hydrogen-bond acceptors (Lipinski definition) is 8. The van der Waals surface area contributed by atoms with E-state index >= 15 is 0 Å². The normalized spacial score (nSPS) is 15.0. The number of carbonyl (C=O) groups is 3. The summed E-state index contributed by atoms with van der Waals surface area (Å²) in [5.74, 6) is -1.33. The largest absolute Gasteiger partial charge is 0.293 e. The van der Waals surface area contributed by atoms with Gasteiger partial charge in [0.2, 0.25) is 0 Å². The summed E-state index contributed by atoms with van der Waals surface area (Å²) in [6, 6.07) is 8.42. The summed E-state index contributed by atoms with van der Waals surface area (Å²) in [5, 5.41) is 21.1. The van der Waals surface area contributed by atoms with E-state index in [1.54, 1.807) is 0 Å². The number of halogens is 1. The number of amides is 2. The van der Waals surface area contributed by atoms with E-state index < -0.39 is 33.3 Å². The van der Waals surface area contributed by atoms with Gasteiger partial charge in [0.15, 0.2) is 5.78 Å². The van der Waals surface area contributed by atoms with Gasteiger partial charge in [-0.2, -0.15) is 0 Å². The molecule has 0 N–H and O–H groups in total. The number of non-ortho nitro benzene ring substituents is 2. The molecule has 2 aromatic carbocycles. The molecule has 0 atom stereocenters. The van der Waals surface area contributed by atoms with Crippen molar-refractivity contribution in [3.63, 3.8) is 0 Å². The highest BCUT2D eigenvalue weighted by atomic mass is 35.5. The van der Waals surface area contributed by atoms with Crippen LogP contribution in [0.3, 0.4) is 0 Å². The minimum absolute atomic E-state index is 0.0427. The molecule has 12 heteroatoms. The third-order valence-corrected chi connectivity index (χ3v) is 5.30. The zero-order valence-corrected chi connectivity index (χ0v) is 16.4. The topological polar surface area (TPSA) is 141 Å². The summed E-state index contributed by atoms with van der Waals surface area (Å²) in [6.45, 7) is -0.553. The molecule has 0 bridgehead atoms. The van der Waals surface area contributed by atoms with E-state index in [1.807, 2.05) is 0 Å².